The summed E-state index contributed by atoms with van der Waals surface area (Å²) in [5, 5.41) is 202. The van der Waals surface area contributed by atoms with E-state index in [4.69, 9.17) is 26.2 Å². The highest BCUT2D eigenvalue weighted by atomic mass is 16.4. The molecule has 6 amide bonds. The van der Waals surface area contributed by atoms with Crippen LogP contribution in [0.2, 0.25) is 0 Å². The first-order valence-corrected chi connectivity index (χ1v) is 21.4. The number of aliphatic hydroxyl groups excluding tert-OH is 20. The average Bonchev–Trinajstić information content (AvgIpc) is 3.36. The molecule has 0 radical (unpaired) electrons. The lowest BCUT2D eigenvalue weighted by Gasteiger charge is -2.29. The van der Waals surface area contributed by atoms with Crippen LogP contribution in [0.25, 0.3) is 0 Å². The van der Waals surface area contributed by atoms with Crippen LogP contribution in [-0.4, -0.2) is 330 Å². The Hall–Kier alpha value is -4.02. The quantitative estimate of drug-likeness (QED) is 0.0277. The molecule has 0 aliphatic carbocycles. The molecule has 70 heavy (non-hydrogen) atoms. The molecule has 17 unspecified atom stereocenters. The molecule has 410 valence electrons. The zero-order chi connectivity index (χ0) is 54.2. The molecule has 0 aromatic heterocycles. The van der Waals surface area contributed by atoms with E-state index in [0.29, 0.717) is 0 Å². The van der Waals surface area contributed by atoms with Gasteiger partial charge in [0, 0.05) is 58.8 Å². The first-order valence-electron chi connectivity index (χ1n) is 21.4. The molecule has 26 N–H and O–H groups in total. The van der Waals surface area contributed by atoms with Crippen molar-refractivity contribution in [1.82, 2.24) is 31.1 Å². The van der Waals surface area contributed by atoms with Crippen LogP contribution >= 0.6 is 0 Å². The Morgan fingerprint density at radius 3 is 0.829 bits per heavy atom. The second-order valence-corrected chi connectivity index (χ2v) is 15.7. The molecule has 0 bridgehead atoms. The fourth-order valence-corrected chi connectivity index (χ4v) is 5.87. The molecule has 17 atom stereocenters. The fourth-order valence-electron chi connectivity index (χ4n) is 5.87. The predicted octanol–water partition coefficient (Wildman–Crippen LogP) is -17.0. The Kier molecular flexibility index (Phi) is 31.7. The van der Waals surface area contributed by atoms with Crippen LogP contribution in [0.1, 0.15) is 12.8 Å². The van der Waals surface area contributed by atoms with Crippen molar-refractivity contribution in [1.29, 1.82) is 0 Å². The van der Waals surface area contributed by atoms with Crippen LogP contribution in [0.3, 0.4) is 0 Å². The van der Waals surface area contributed by atoms with Crippen LogP contribution in [0, 0.1) is 0 Å². The van der Waals surface area contributed by atoms with E-state index in [0.717, 1.165) is 9.80 Å². The molecule has 0 spiro atoms. The van der Waals surface area contributed by atoms with Crippen molar-refractivity contribution in [2.45, 2.75) is 117 Å². The summed E-state index contributed by atoms with van der Waals surface area (Å²) in [6.07, 6.45) is -36.5. The summed E-state index contributed by atoms with van der Waals surface area (Å²) in [5.74, 6) is -7.27. The van der Waals surface area contributed by atoms with Gasteiger partial charge in [-0.05, 0) is 6.42 Å². The van der Waals surface area contributed by atoms with E-state index in [1.807, 2.05) is 0 Å². The van der Waals surface area contributed by atoms with E-state index in [-0.39, 0.29) is 0 Å². The summed E-state index contributed by atoms with van der Waals surface area (Å²) in [6.45, 7) is -8.48. The Balaban J connectivity index is 6.22. The topological polar surface area (TPSA) is 588 Å². The van der Waals surface area contributed by atoms with E-state index in [1.54, 1.807) is 0 Å². The standard InChI is InChI=1S/C37H71N7O26/c38-15(37(70)44(9-5-41-35(68)31(64)27(60)23(56)18(51)13-47)10-6-42-36(69)32(65)28(61)24(57)19(52)14-48)1-2-20(53)43(7-3-39-33(66)29(62)25(58)21(54)16(49)11-45)8-4-40-34(67)30(63)26(59)22(55)17(50)12-46/h15-19,21-32,45-52,54-65H,1-14,38H2,(H,39,66)(H,40,67)(H,41,68)(H,42,69). The highest BCUT2D eigenvalue weighted by Crippen LogP contribution is 2.10. The minimum Gasteiger partial charge on any atom is -0.394 e. The maximum Gasteiger partial charge on any atom is 0.251 e. The minimum atomic E-state index is -2.39. The summed E-state index contributed by atoms with van der Waals surface area (Å²) in [4.78, 5) is 79.0. The van der Waals surface area contributed by atoms with E-state index in [2.05, 4.69) is 21.3 Å². The van der Waals surface area contributed by atoms with Crippen molar-refractivity contribution in [3.63, 3.8) is 0 Å². The van der Waals surface area contributed by atoms with Crippen LogP contribution in [0.4, 0.5) is 0 Å². The molecule has 0 saturated carbocycles. The first kappa shape index (κ1) is 66.0. The van der Waals surface area contributed by atoms with E-state index < -0.39 is 231 Å². The molecule has 0 aromatic rings. The van der Waals surface area contributed by atoms with Crippen LogP contribution < -0.4 is 27.0 Å². The highest BCUT2D eigenvalue weighted by molar-refractivity contribution is 5.85. The Morgan fingerprint density at radius 2 is 0.600 bits per heavy atom. The number of nitrogens with two attached hydrogens (primary N) is 1. The second kappa shape index (κ2) is 33.6. The van der Waals surface area contributed by atoms with E-state index in [9.17, 15) is 110 Å². The van der Waals surface area contributed by atoms with Gasteiger partial charge in [0.2, 0.25) is 11.8 Å². The monoisotopic (exact) mass is 1030 g/mol. The number of nitrogens with one attached hydrogen (secondary N) is 4. The molecular weight excluding hydrogens is 958 g/mol. The third-order valence-corrected chi connectivity index (χ3v) is 10.5. The van der Waals surface area contributed by atoms with Gasteiger partial charge >= 0.3 is 0 Å². The zero-order valence-corrected chi connectivity index (χ0v) is 37.6. The molecule has 33 nitrogen and oxygen atoms in total. The molecule has 33 heteroatoms. The molecule has 0 saturated heterocycles. The number of aliphatic hydroxyl groups is 20. The number of rotatable bonds is 36. The molecular formula is C37H71N7O26. The minimum absolute atomic E-state index is 0.487. The van der Waals surface area contributed by atoms with Gasteiger partial charge < -0.3 is 139 Å². The summed E-state index contributed by atoms with van der Waals surface area (Å²) in [7, 11) is 0. The van der Waals surface area contributed by atoms with Gasteiger partial charge in [-0.25, -0.2) is 0 Å². The molecule has 0 aromatic carbocycles. The molecule has 0 aliphatic heterocycles. The first-order chi connectivity index (χ1) is 32.7. The number of carbonyl (C=O) groups excluding carboxylic acids is 6. The highest BCUT2D eigenvalue weighted by Gasteiger charge is 2.38. The van der Waals surface area contributed by atoms with Gasteiger partial charge in [-0.1, -0.05) is 0 Å². The maximum absolute atomic E-state index is 13.6. The van der Waals surface area contributed by atoms with Crippen molar-refractivity contribution < 1.29 is 131 Å². The third-order valence-electron chi connectivity index (χ3n) is 10.5. The van der Waals surface area contributed by atoms with Crippen molar-refractivity contribution in [3.05, 3.63) is 0 Å². The SMILES string of the molecule is NC(CCC(=O)N(CCNC(=O)C(O)C(O)C(O)C(O)CO)CCNC(=O)C(O)C(O)C(O)C(O)CO)C(=O)N(CCNC(=O)C(O)C(O)C(O)C(O)CO)CCNC(=O)C(O)C(O)C(O)C(O)CO. The van der Waals surface area contributed by atoms with Gasteiger partial charge in [0.05, 0.1) is 32.5 Å². The fraction of sp³-hybridized carbons (Fsp3) is 0.838. The summed E-state index contributed by atoms with van der Waals surface area (Å²) in [6, 6.07) is -1.61. The average molecular weight is 1030 g/mol. The smallest absolute Gasteiger partial charge is 0.251 e. The number of hydrogen-bond donors (Lipinski definition) is 25. The van der Waals surface area contributed by atoms with Gasteiger partial charge in [-0.15, -0.1) is 0 Å². The van der Waals surface area contributed by atoms with Crippen molar-refractivity contribution >= 4 is 35.4 Å². The second-order valence-electron chi connectivity index (χ2n) is 15.7. The predicted molar refractivity (Wildman–Crippen MR) is 227 cm³/mol. The summed E-state index contributed by atoms with van der Waals surface area (Å²) < 4.78 is 0. The normalized spacial score (nSPS) is 19.1. The maximum atomic E-state index is 13.6. The molecule has 0 fully saturated rings. The number of amides is 6. The van der Waals surface area contributed by atoms with Crippen molar-refractivity contribution in [3.8, 4) is 0 Å². The van der Waals surface area contributed by atoms with Gasteiger partial charge in [0.1, 0.15) is 73.2 Å². The summed E-state index contributed by atoms with van der Waals surface area (Å²) in [5.41, 5.74) is 6.12. The van der Waals surface area contributed by atoms with E-state index in [1.165, 1.54) is 0 Å². The van der Waals surface area contributed by atoms with Crippen molar-refractivity contribution in [2.75, 3.05) is 78.8 Å². The third kappa shape index (κ3) is 21.4. The lowest BCUT2D eigenvalue weighted by molar-refractivity contribution is -0.149. The van der Waals surface area contributed by atoms with E-state index >= 15 is 0 Å². The largest absolute Gasteiger partial charge is 0.394 e. The number of nitrogens with zero attached hydrogens (tertiary/aromatic N) is 2. The molecule has 0 aliphatic rings. The molecule has 0 heterocycles. The van der Waals surface area contributed by atoms with Gasteiger partial charge in [0.25, 0.3) is 23.6 Å². The Labute approximate surface area is 398 Å². The van der Waals surface area contributed by atoms with Crippen LogP contribution in [-0.2, 0) is 28.8 Å². The lowest BCUT2D eigenvalue weighted by Crippen LogP contribution is -2.54. The Morgan fingerprint density at radius 1 is 0.371 bits per heavy atom. The number of hydrogen-bond acceptors (Lipinski definition) is 27. The summed E-state index contributed by atoms with van der Waals surface area (Å²) >= 11 is 0. The Bertz CT molecular complexity index is 1490. The van der Waals surface area contributed by atoms with Gasteiger partial charge in [-0.2, -0.15) is 0 Å². The van der Waals surface area contributed by atoms with Crippen LogP contribution in [0.5, 0.6) is 0 Å². The van der Waals surface area contributed by atoms with Crippen molar-refractivity contribution in [2.24, 2.45) is 5.73 Å². The molecule has 0 rings (SSSR count). The zero-order valence-electron chi connectivity index (χ0n) is 37.6. The lowest BCUT2D eigenvalue weighted by atomic mass is 10.0. The van der Waals surface area contributed by atoms with Crippen LogP contribution in [0.15, 0.2) is 0 Å². The van der Waals surface area contributed by atoms with Gasteiger partial charge in [0.15, 0.2) is 24.4 Å². The van der Waals surface area contributed by atoms with Gasteiger partial charge in [-0.3, -0.25) is 28.8 Å². The number of carbonyl (C=O) groups is 6.